The van der Waals surface area contributed by atoms with E-state index in [1.165, 1.54) is 19.4 Å². The number of nitrogens with two attached hydrogens (primary N) is 1. The second-order valence-electron chi connectivity index (χ2n) is 4.43. The third-order valence-electron chi connectivity index (χ3n) is 2.86. The molecule has 0 aromatic heterocycles. The van der Waals surface area contributed by atoms with Crippen LogP contribution in [0.2, 0.25) is 0 Å². The monoisotopic (exact) mass is 200 g/mol. The lowest BCUT2D eigenvalue weighted by Crippen LogP contribution is -2.43. The lowest BCUT2D eigenvalue weighted by molar-refractivity contribution is -0.000937. The molecule has 0 aliphatic carbocycles. The number of unbranched alkanes of at least 4 members (excludes halogenated alkanes) is 1. The molecule has 1 heterocycles. The molecule has 0 aromatic rings. The fourth-order valence-corrected chi connectivity index (χ4v) is 1.87. The Balaban J connectivity index is 2.04. The number of rotatable bonds is 5. The highest BCUT2D eigenvalue weighted by atomic mass is 16.5. The van der Waals surface area contributed by atoms with Crippen molar-refractivity contribution in [3.63, 3.8) is 0 Å². The first kappa shape index (κ1) is 12.0. The summed E-state index contributed by atoms with van der Waals surface area (Å²) in [7, 11) is 0. The molecule has 0 aromatic carbocycles. The topological polar surface area (TPSA) is 38.5 Å². The molecule has 0 spiro atoms. The summed E-state index contributed by atoms with van der Waals surface area (Å²) in [6, 6.07) is 0.955. The predicted molar refractivity (Wildman–Crippen MR) is 59.4 cm³/mol. The highest BCUT2D eigenvalue weighted by Gasteiger charge is 2.17. The summed E-state index contributed by atoms with van der Waals surface area (Å²) in [6.45, 7) is 8.42. The van der Waals surface area contributed by atoms with Crippen molar-refractivity contribution in [2.24, 2.45) is 5.73 Å². The van der Waals surface area contributed by atoms with E-state index in [2.05, 4.69) is 18.7 Å². The predicted octanol–water partition coefficient (Wildman–Crippen LogP) is 1.22. The number of ether oxygens (including phenoxy) is 1. The average molecular weight is 200 g/mol. The molecule has 2 unspecified atom stereocenters. The van der Waals surface area contributed by atoms with Gasteiger partial charge in [-0.2, -0.15) is 0 Å². The quantitative estimate of drug-likeness (QED) is 0.678. The van der Waals surface area contributed by atoms with Crippen LogP contribution in [-0.4, -0.2) is 43.3 Å². The first-order chi connectivity index (χ1) is 6.70. The van der Waals surface area contributed by atoms with Crippen molar-refractivity contribution >= 4 is 0 Å². The van der Waals surface area contributed by atoms with Crippen LogP contribution in [0.15, 0.2) is 0 Å². The molecule has 1 saturated heterocycles. The van der Waals surface area contributed by atoms with E-state index >= 15 is 0 Å². The summed E-state index contributed by atoms with van der Waals surface area (Å²) in [6.07, 6.45) is 3.67. The van der Waals surface area contributed by atoms with Gasteiger partial charge in [0.2, 0.25) is 0 Å². The Morgan fingerprint density at radius 2 is 2.29 bits per heavy atom. The molecule has 2 N–H and O–H groups in total. The highest BCUT2D eigenvalue weighted by molar-refractivity contribution is 4.70. The Morgan fingerprint density at radius 1 is 1.50 bits per heavy atom. The summed E-state index contributed by atoms with van der Waals surface area (Å²) in [5, 5.41) is 0. The Hall–Kier alpha value is -0.120. The molecule has 0 amide bonds. The van der Waals surface area contributed by atoms with E-state index in [-0.39, 0.29) is 0 Å². The maximum absolute atomic E-state index is 5.71. The van der Waals surface area contributed by atoms with Crippen molar-refractivity contribution in [1.29, 1.82) is 0 Å². The number of hydrogen-bond acceptors (Lipinski definition) is 3. The minimum atomic E-state index is 0.358. The molecule has 0 radical (unpaired) electrons. The van der Waals surface area contributed by atoms with Gasteiger partial charge >= 0.3 is 0 Å². The number of hydrogen-bond donors (Lipinski definition) is 1. The van der Waals surface area contributed by atoms with E-state index in [1.54, 1.807) is 0 Å². The zero-order valence-corrected chi connectivity index (χ0v) is 9.54. The SMILES string of the molecule is CC(N)CCCCN1CCOCC1C. The molecule has 1 fully saturated rings. The van der Waals surface area contributed by atoms with Gasteiger partial charge < -0.3 is 10.5 Å². The Morgan fingerprint density at radius 3 is 2.93 bits per heavy atom. The molecular formula is C11H24N2O. The smallest absolute Gasteiger partial charge is 0.0619 e. The maximum Gasteiger partial charge on any atom is 0.0619 e. The van der Waals surface area contributed by atoms with Crippen molar-refractivity contribution in [2.75, 3.05) is 26.3 Å². The van der Waals surface area contributed by atoms with Crippen LogP contribution >= 0.6 is 0 Å². The summed E-state index contributed by atoms with van der Waals surface area (Å²) in [4.78, 5) is 2.52. The van der Waals surface area contributed by atoms with E-state index in [0.29, 0.717) is 12.1 Å². The fraction of sp³-hybridized carbons (Fsp3) is 1.00. The molecule has 3 heteroatoms. The van der Waals surface area contributed by atoms with E-state index < -0.39 is 0 Å². The Kier molecular flexibility index (Phi) is 5.45. The van der Waals surface area contributed by atoms with Crippen LogP contribution < -0.4 is 5.73 Å². The summed E-state index contributed by atoms with van der Waals surface area (Å²) < 4.78 is 5.39. The van der Waals surface area contributed by atoms with Crippen LogP contribution in [0, 0.1) is 0 Å². The van der Waals surface area contributed by atoms with Crippen LogP contribution in [0.5, 0.6) is 0 Å². The third-order valence-corrected chi connectivity index (χ3v) is 2.86. The van der Waals surface area contributed by atoms with Crippen LogP contribution in [-0.2, 0) is 4.74 Å². The molecule has 1 rings (SSSR count). The lowest BCUT2D eigenvalue weighted by atomic mass is 10.1. The highest BCUT2D eigenvalue weighted by Crippen LogP contribution is 2.08. The minimum absolute atomic E-state index is 0.358. The maximum atomic E-state index is 5.71. The second-order valence-corrected chi connectivity index (χ2v) is 4.43. The molecule has 1 aliphatic heterocycles. The second kappa shape index (κ2) is 6.38. The Labute approximate surface area is 87.6 Å². The van der Waals surface area contributed by atoms with Gasteiger partial charge in [0.15, 0.2) is 0 Å². The molecule has 3 nitrogen and oxygen atoms in total. The minimum Gasteiger partial charge on any atom is -0.379 e. The van der Waals surface area contributed by atoms with Crippen molar-refractivity contribution in [3.05, 3.63) is 0 Å². The van der Waals surface area contributed by atoms with Gasteiger partial charge in [-0.1, -0.05) is 6.42 Å². The number of morpholine rings is 1. The molecule has 2 atom stereocenters. The average Bonchev–Trinajstić information content (AvgIpc) is 2.15. The zero-order chi connectivity index (χ0) is 10.4. The normalized spacial score (nSPS) is 26.4. The van der Waals surface area contributed by atoms with Crippen molar-refractivity contribution < 1.29 is 4.74 Å². The van der Waals surface area contributed by atoms with Gasteiger partial charge in [-0.15, -0.1) is 0 Å². The van der Waals surface area contributed by atoms with Gasteiger partial charge in [-0.3, -0.25) is 4.90 Å². The van der Waals surface area contributed by atoms with E-state index in [9.17, 15) is 0 Å². The number of nitrogens with zero attached hydrogens (tertiary/aromatic N) is 1. The van der Waals surface area contributed by atoms with Crippen LogP contribution in [0.25, 0.3) is 0 Å². The van der Waals surface area contributed by atoms with Crippen LogP contribution in [0.4, 0.5) is 0 Å². The van der Waals surface area contributed by atoms with Gasteiger partial charge in [-0.25, -0.2) is 0 Å². The van der Waals surface area contributed by atoms with Gasteiger partial charge in [0.05, 0.1) is 13.2 Å². The van der Waals surface area contributed by atoms with Crippen LogP contribution in [0.3, 0.4) is 0 Å². The molecule has 1 aliphatic rings. The third kappa shape index (κ3) is 4.40. The molecule has 0 saturated carbocycles. The van der Waals surface area contributed by atoms with E-state index in [0.717, 1.165) is 26.2 Å². The largest absolute Gasteiger partial charge is 0.379 e. The molecule has 14 heavy (non-hydrogen) atoms. The van der Waals surface area contributed by atoms with Crippen molar-refractivity contribution in [2.45, 2.75) is 45.2 Å². The van der Waals surface area contributed by atoms with E-state index in [1.807, 2.05) is 0 Å². The lowest BCUT2D eigenvalue weighted by Gasteiger charge is -2.33. The summed E-state index contributed by atoms with van der Waals surface area (Å²) in [5.74, 6) is 0. The Bertz CT molecular complexity index is 150. The first-order valence-electron chi connectivity index (χ1n) is 5.77. The fourth-order valence-electron chi connectivity index (χ4n) is 1.87. The van der Waals surface area contributed by atoms with E-state index in [4.69, 9.17) is 10.5 Å². The summed E-state index contributed by atoms with van der Waals surface area (Å²) >= 11 is 0. The standard InChI is InChI=1S/C11H24N2O/c1-10(12)5-3-4-6-13-7-8-14-9-11(13)2/h10-11H,3-9,12H2,1-2H3. The first-order valence-corrected chi connectivity index (χ1v) is 5.77. The van der Waals surface area contributed by atoms with Crippen LogP contribution in [0.1, 0.15) is 33.1 Å². The molecule has 84 valence electrons. The summed E-state index contributed by atoms with van der Waals surface area (Å²) in [5.41, 5.74) is 5.71. The zero-order valence-electron chi connectivity index (χ0n) is 9.54. The molecule has 0 bridgehead atoms. The van der Waals surface area contributed by atoms with Gasteiger partial charge in [0, 0.05) is 18.6 Å². The molecular weight excluding hydrogens is 176 g/mol. The van der Waals surface area contributed by atoms with Gasteiger partial charge in [0.1, 0.15) is 0 Å². The van der Waals surface area contributed by atoms with Crippen molar-refractivity contribution in [3.8, 4) is 0 Å². The van der Waals surface area contributed by atoms with Gasteiger partial charge in [0.25, 0.3) is 0 Å². The van der Waals surface area contributed by atoms with Crippen molar-refractivity contribution in [1.82, 2.24) is 4.90 Å². The van der Waals surface area contributed by atoms with Gasteiger partial charge in [-0.05, 0) is 33.2 Å².